The molecule has 5 heteroatoms. The van der Waals surface area contributed by atoms with Crippen LogP contribution >= 0.6 is 0 Å². The summed E-state index contributed by atoms with van der Waals surface area (Å²) in [4.78, 5) is 18.2. The number of hydrogen-bond acceptors (Lipinski definition) is 2. The fraction of sp³-hybridized carbons (Fsp3) is 0.231. The van der Waals surface area contributed by atoms with Gasteiger partial charge in [0.05, 0.1) is 12.0 Å². The Morgan fingerprint density at radius 1 is 1.22 bits per heavy atom. The summed E-state index contributed by atoms with van der Waals surface area (Å²) in [6, 6.07) is 3.13. The third-order valence-corrected chi connectivity index (χ3v) is 2.59. The molecule has 2 rings (SSSR count). The maximum Gasteiger partial charge on any atom is 0.254 e. The lowest BCUT2D eigenvalue weighted by atomic mass is 10.0. The van der Waals surface area contributed by atoms with E-state index in [1.54, 1.807) is 0 Å². The molecule has 3 nitrogen and oxygen atoms in total. The van der Waals surface area contributed by atoms with Crippen LogP contribution in [0, 0.1) is 11.6 Å². The summed E-state index contributed by atoms with van der Waals surface area (Å²) >= 11 is 0. The van der Waals surface area contributed by atoms with Crippen LogP contribution in [0.1, 0.15) is 18.9 Å². The second-order valence-corrected chi connectivity index (χ2v) is 3.97. The van der Waals surface area contributed by atoms with Crippen LogP contribution < -0.4 is 5.56 Å². The van der Waals surface area contributed by atoms with E-state index in [4.69, 9.17) is 0 Å². The normalized spacial score (nSPS) is 10.6. The van der Waals surface area contributed by atoms with Crippen molar-refractivity contribution in [3.8, 4) is 11.3 Å². The van der Waals surface area contributed by atoms with Gasteiger partial charge in [0.2, 0.25) is 0 Å². The van der Waals surface area contributed by atoms with Gasteiger partial charge < -0.3 is 4.98 Å². The molecule has 0 atom stereocenters. The highest BCUT2D eigenvalue weighted by Crippen LogP contribution is 2.21. The van der Waals surface area contributed by atoms with Gasteiger partial charge in [0.25, 0.3) is 5.56 Å². The van der Waals surface area contributed by atoms with Crippen LogP contribution in [0.15, 0.2) is 29.3 Å². The molecule has 94 valence electrons. The van der Waals surface area contributed by atoms with Crippen LogP contribution in [0.3, 0.4) is 0 Å². The van der Waals surface area contributed by atoms with E-state index in [1.165, 1.54) is 18.5 Å². The molecule has 0 aliphatic heterocycles. The van der Waals surface area contributed by atoms with Gasteiger partial charge in [0, 0.05) is 17.2 Å². The zero-order valence-electron chi connectivity index (χ0n) is 9.84. The number of aromatic amines is 1. The molecule has 0 fully saturated rings. The summed E-state index contributed by atoms with van der Waals surface area (Å²) in [7, 11) is 0. The second-order valence-electron chi connectivity index (χ2n) is 3.97. The number of rotatable bonds is 3. The van der Waals surface area contributed by atoms with E-state index in [0.29, 0.717) is 17.7 Å². The lowest BCUT2D eigenvalue weighted by Gasteiger charge is -2.06. The molecule has 1 aromatic carbocycles. The van der Waals surface area contributed by atoms with E-state index in [-0.39, 0.29) is 11.1 Å². The van der Waals surface area contributed by atoms with Crippen LogP contribution in [-0.2, 0) is 6.42 Å². The predicted octanol–water partition coefficient (Wildman–Crippen LogP) is 2.67. The Labute approximate surface area is 103 Å². The topological polar surface area (TPSA) is 45.8 Å². The number of nitrogens with one attached hydrogen (secondary N) is 1. The first kappa shape index (κ1) is 12.4. The third-order valence-electron chi connectivity index (χ3n) is 2.59. The summed E-state index contributed by atoms with van der Waals surface area (Å²) in [5.41, 5.74) is 0.789. The van der Waals surface area contributed by atoms with Crippen molar-refractivity contribution < 1.29 is 8.78 Å². The van der Waals surface area contributed by atoms with E-state index in [2.05, 4.69) is 9.97 Å². The number of halogens is 2. The zero-order valence-corrected chi connectivity index (χ0v) is 9.84. The summed E-state index contributed by atoms with van der Waals surface area (Å²) < 4.78 is 26.4. The van der Waals surface area contributed by atoms with Crippen molar-refractivity contribution in [2.75, 3.05) is 0 Å². The van der Waals surface area contributed by atoms with Crippen molar-refractivity contribution in [2.24, 2.45) is 0 Å². The third kappa shape index (κ3) is 2.45. The molecule has 0 radical (unpaired) electrons. The first-order chi connectivity index (χ1) is 8.61. The number of H-pyrrole nitrogens is 1. The highest BCUT2D eigenvalue weighted by atomic mass is 19.1. The van der Waals surface area contributed by atoms with Crippen LogP contribution in [0.4, 0.5) is 8.78 Å². The molecule has 18 heavy (non-hydrogen) atoms. The summed E-state index contributed by atoms with van der Waals surface area (Å²) in [5, 5.41) is 0. The summed E-state index contributed by atoms with van der Waals surface area (Å²) in [6.07, 6.45) is 2.50. The van der Waals surface area contributed by atoms with Crippen molar-refractivity contribution in [3.05, 3.63) is 52.1 Å². The van der Waals surface area contributed by atoms with Crippen molar-refractivity contribution in [3.63, 3.8) is 0 Å². The Morgan fingerprint density at radius 2 is 1.89 bits per heavy atom. The van der Waals surface area contributed by atoms with Gasteiger partial charge in [0.15, 0.2) is 0 Å². The number of hydrogen-bond donors (Lipinski definition) is 1. The standard InChI is InChI=1S/C13H12F2N2O/c1-2-3-11-12(16-7-17-13(11)18)8-4-9(14)6-10(15)5-8/h4-7H,2-3H2,1H3,(H,16,17,18). The fourth-order valence-electron chi connectivity index (χ4n) is 1.85. The first-order valence-electron chi connectivity index (χ1n) is 5.65. The first-order valence-corrected chi connectivity index (χ1v) is 5.65. The lowest BCUT2D eigenvalue weighted by molar-refractivity contribution is 0.584. The monoisotopic (exact) mass is 250 g/mol. The van der Waals surface area contributed by atoms with Gasteiger partial charge in [-0.2, -0.15) is 0 Å². The molecule has 2 aromatic rings. The largest absolute Gasteiger partial charge is 0.313 e. The minimum atomic E-state index is -0.686. The molecule has 1 heterocycles. The number of nitrogens with zero attached hydrogens (tertiary/aromatic N) is 1. The van der Waals surface area contributed by atoms with E-state index in [1.807, 2.05) is 6.92 Å². The number of benzene rings is 1. The number of aromatic nitrogens is 2. The van der Waals surface area contributed by atoms with Crippen molar-refractivity contribution in [2.45, 2.75) is 19.8 Å². The molecular formula is C13H12F2N2O. The van der Waals surface area contributed by atoms with Crippen LogP contribution in [0.5, 0.6) is 0 Å². The molecule has 1 N–H and O–H groups in total. The molecule has 0 unspecified atom stereocenters. The Hall–Kier alpha value is -2.04. The highest BCUT2D eigenvalue weighted by molar-refractivity contribution is 5.62. The molecule has 0 saturated carbocycles. The quantitative estimate of drug-likeness (QED) is 0.910. The molecule has 0 amide bonds. The summed E-state index contributed by atoms with van der Waals surface area (Å²) in [6.45, 7) is 1.92. The molecule has 0 aliphatic carbocycles. The van der Waals surface area contributed by atoms with Crippen LogP contribution in [0.2, 0.25) is 0 Å². The van der Waals surface area contributed by atoms with Gasteiger partial charge >= 0.3 is 0 Å². The van der Waals surface area contributed by atoms with E-state index >= 15 is 0 Å². The molecule has 0 aliphatic rings. The van der Waals surface area contributed by atoms with E-state index in [0.717, 1.165) is 12.5 Å². The van der Waals surface area contributed by atoms with Crippen molar-refractivity contribution in [1.29, 1.82) is 0 Å². The lowest BCUT2D eigenvalue weighted by Crippen LogP contribution is -2.14. The Balaban J connectivity index is 2.63. The minimum Gasteiger partial charge on any atom is -0.313 e. The molecular weight excluding hydrogens is 238 g/mol. The van der Waals surface area contributed by atoms with Gasteiger partial charge in [-0.15, -0.1) is 0 Å². The minimum absolute atomic E-state index is 0.272. The molecule has 0 spiro atoms. The molecule has 1 aromatic heterocycles. The van der Waals surface area contributed by atoms with Crippen molar-refractivity contribution >= 4 is 0 Å². The van der Waals surface area contributed by atoms with Crippen LogP contribution in [-0.4, -0.2) is 9.97 Å². The van der Waals surface area contributed by atoms with Gasteiger partial charge in [-0.1, -0.05) is 13.3 Å². The van der Waals surface area contributed by atoms with E-state index in [9.17, 15) is 13.6 Å². The zero-order chi connectivity index (χ0) is 13.1. The van der Waals surface area contributed by atoms with Gasteiger partial charge in [-0.05, 0) is 18.6 Å². The summed E-state index contributed by atoms with van der Waals surface area (Å²) in [5.74, 6) is -1.37. The van der Waals surface area contributed by atoms with Gasteiger partial charge in [0.1, 0.15) is 11.6 Å². The SMILES string of the molecule is CCCc1c(-c2cc(F)cc(F)c2)nc[nH]c1=O. The Kier molecular flexibility index (Phi) is 3.50. The van der Waals surface area contributed by atoms with E-state index < -0.39 is 11.6 Å². The second kappa shape index (κ2) is 5.08. The maximum absolute atomic E-state index is 13.2. The van der Waals surface area contributed by atoms with Crippen LogP contribution in [0.25, 0.3) is 11.3 Å². The molecule has 0 saturated heterocycles. The fourth-order valence-corrected chi connectivity index (χ4v) is 1.85. The van der Waals surface area contributed by atoms with Gasteiger partial charge in [-0.3, -0.25) is 4.79 Å². The Bertz CT molecular complexity index is 602. The van der Waals surface area contributed by atoms with Gasteiger partial charge in [-0.25, -0.2) is 13.8 Å². The average molecular weight is 250 g/mol. The Morgan fingerprint density at radius 3 is 2.50 bits per heavy atom. The highest BCUT2D eigenvalue weighted by Gasteiger charge is 2.12. The smallest absolute Gasteiger partial charge is 0.254 e. The molecule has 0 bridgehead atoms. The van der Waals surface area contributed by atoms with Crippen molar-refractivity contribution in [1.82, 2.24) is 9.97 Å². The average Bonchev–Trinajstić information content (AvgIpc) is 2.30. The predicted molar refractivity (Wildman–Crippen MR) is 64.2 cm³/mol. The maximum atomic E-state index is 13.2.